The van der Waals surface area contributed by atoms with Gasteiger partial charge in [0.2, 0.25) is 0 Å². The van der Waals surface area contributed by atoms with Crippen LogP contribution in [0.1, 0.15) is 58.2 Å². The van der Waals surface area contributed by atoms with Crippen LogP contribution in [0.15, 0.2) is 48.5 Å². The molecular weight excluding hydrogens is 390 g/mol. The van der Waals surface area contributed by atoms with Gasteiger partial charge in [-0.1, -0.05) is 36.4 Å². The maximum atomic E-state index is 12.5. The van der Waals surface area contributed by atoms with Crippen LogP contribution in [-0.4, -0.2) is 24.1 Å². The maximum absolute atomic E-state index is 12.5. The van der Waals surface area contributed by atoms with Gasteiger partial charge in [-0.2, -0.15) is 0 Å². The summed E-state index contributed by atoms with van der Waals surface area (Å²) < 4.78 is 10.5. The van der Waals surface area contributed by atoms with Crippen molar-refractivity contribution in [2.45, 2.75) is 66.5 Å². The lowest BCUT2D eigenvalue weighted by Crippen LogP contribution is -2.35. The summed E-state index contributed by atoms with van der Waals surface area (Å²) in [5, 5.41) is 3.39. The molecule has 0 amide bonds. The molecule has 5 nitrogen and oxygen atoms in total. The van der Waals surface area contributed by atoms with Crippen LogP contribution in [-0.2, 0) is 38.4 Å². The fraction of sp³-hybridized carbons (Fsp3) is 0.462. The van der Waals surface area contributed by atoms with Gasteiger partial charge in [0.15, 0.2) is 0 Å². The molecule has 0 aliphatic carbocycles. The molecule has 1 N–H and O–H groups in total. The molecule has 0 saturated carbocycles. The molecule has 0 radical (unpaired) electrons. The zero-order valence-electron chi connectivity index (χ0n) is 19.6. The van der Waals surface area contributed by atoms with Crippen LogP contribution in [0, 0.1) is 5.41 Å². The van der Waals surface area contributed by atoms with Crippen molar-refractivity contribution in [3.63, 3.8) is 0 Å². The number of hydrogen-bond acceptors (Lipinski definition) is 5. The van der Waals surface area contributed by atoms with Crippen LogP contribution in [0.5, 0.6) is 0 Å². The summed E-state index contributed by atoms with van der Waals surface area (Å²) in [6, 6.07) is 16.1. The minimum absolute atomic E-state index is 0.183. The minimum atomic E-state index is -0.585. The fourth-order valence-electron chi connectivity index (χ4n) is 3.10. The number of anilines is 1. The third-order valence-electron chi connectivity index (χ3n) is 4.72. The number of ether oxygens (including phenoxy) is 2. The zero-order valence-corrected chi connectivity index (χ0v) is 19.6. The summed E-state index contributed by atoms with van der Waals surface area (Å²) >= 11 is 0. The van der Waals surface area contributed by atoms with E-state index in [1.165, 1.54) is 0 Å². The molecule has 0 heterocycles. The monoisotopic (exact) mass is 425 g/mol. The number of hydrogen-bond donors (Lipinski definition) is 1. The molecule has 31 heavy (non-hydrogen) atoms. The van der Waals surface area contributed by atoms with Crippen molar-refractivity contribution in [3.8, 4) is 0 Å². The Bertz CT molecular complexity index is 862. The number of nitrogens with one attached hydrogen (secondary N) is 1. The van der Waals surface area contributed by atoms with Gasteiger partial charge in [0, 0.05) is 12.2 Å². The second-order valence-electron chi connectivity index (χ2n) is 9.41. The number of esters is 2. The van der Waals surface area contributed by atoms with E-state index in [1.807, 2.05) is 58.9 Å². The summed E-state index contributed by atoms with van der Waals surface area (Å²) in [6.45, 7) is 12.4. The summed E-state index contributed by atoms with van der Waals surface area (Å²) in [4.78, 5) is 24.0. The Balaban J connectivity index is 1.88. The van der Waals surface area contributed by atoms with E-state index in [9.17, 15) is 9.59 Å². The molecular formula is C26H35NO4. The molecule has 0 saturated heterocycles. The van der Waals surface area contributed by atoms with Gasteiger partial charge in [-0.3, -0.25) is 9.59 Å². The topological polar surface area (TPSA) is 64.6 Å². The predicted octanol–water partition coefficient (Wildman–Crippen LogP) is 5.31. The van der Waals surface area contributed by atoms with Crippen molar-refractivity contribution >= 4 is 17.6 Å². The molecule has 2 aromatic carbocycles. The standard InChI is InChI=1S/C26H35NO4/c1-7-30-23(28)16-19-12-14-22(15-13-19)27-18-21-10-8-20(9-11-21)17-26(5,6)24(29)31-25(2,3)4/h8-15,27H,7,16-18H2,1-6H3. The van der Waals surface area contributed by atoms with Crippen LogP contribution >= 0.6 is 0 Å². The predicted molar refractivity (Wildman–Crippen MR) is 124 cm³/mol. The molecule has 5 heteroatoms. The molecule has 0 spiro atoms. The Kier molecular flexibility index (Phi) is 8.26. The van der Waals surface area contributed by atoms with Crippen molar-refractivity contribution in [2.24, 2.45) is 5.41 Å². The average molecular weight is 426 g/mol. The lowest BCUT2D eigenvalue weighted by molar-refractivity contribution is -0.165. The Labute approximate surface area is 186 Å². The van der Waals surface area contributed by atoms with Gasteiger partial charge in [0.1, 0.15) is 5.60 Å². The molecule has 168 valence electrons. The summed E-state index contributed by atoms with van der Waals surface area (Å²) in [5.74, 6) is -0.393. The Morgan fingerprint density at radius 2 is 1.39 bits per heavy atom. The first-order chi connectivity index (χ1) is 14.5. The molecule has 0 aliphatic rings. The van der Waals surface area contributed by atoms with Gasteiger partial charge in [0.05, 0.1) is 18.4 Å². The van der Waals surface area contributed by atoms with E-state index in [0.29, 0.717) is 19.6 Å². The first kappa shape index (κ1) is 24.4. The maximum Gasteiger partial charge on any atom is 0.312 e. The smallest absolute Gasteiger partial charge is 0.312 e. The van der Waals surface area contributed by atoms with Crippen molar-refractivity contribution in [3.05, 3.63) is 65.2 Å². The van der Waals surface area contributed by atoms with E-state index in [1.54, 1.807) is 6.92 Å². The second-order valence-corrected chi connectivity index (χ2v) is 9.41. The van der Waals surface area contributed by atoms with Crippen LogP contribution in [0.2, 0.25) is 0 Å². The first-order valence-corrected chi connectivity index (χ1v) is 10.8. The van der Waals surface area contributed by atoms with E-state index in [-0.39, 0.29) is 18.4 Å². The van der Waals surface area contributed by atoms with E-state index < -0.39 is 11.0 Å². The number of carbonyl (C=O) groups excluding carboxylic acids is 2. The minimum Gasteiger partial charge on any atom is -0.466 e. The third kappa shape index (κ3) is 8.44. The van der Waals surface area contributed by atoms with Crippen LogP contribution in [0.25, 0.3) is 0 Å². The van der Waals surface area contributed by atoms with Crippen LogP contribution < -0.4 is 5.32 Å². The number of rotatable bonds is 9. The van der Waals surface area contributed by atoms with E-state index in [2.05, 4.69) is 29.6 Å². The van der Waals surface area contributed by atoms with Gasteiger partial charge in [-0.15, -0.1) is 0 Å². The van der Waals surface area contributed by atoms with E-state index in [4.69, 9.17) is 9.47 Å². The van der Waals surface area contributed by atoms with Crippen LogP contribution in [0.3, 0.4) is 0 Å². The highest BCUT2D eigenvalue weighted by Gasteiger charge is 2.32. The average Bonchev–Trinajstić information content (AvgIpc) is 2.67. The van der Waals surface area contributed by atoms with Crippen molar-refractivity contribution < 1.29 is 19.1 Å². The van der Waals surface area contributed by atoms with Gasteiger partial charge in [0.25, 0.3) is 0 Å². The first-order valence-electron chi connectivity index (χ1n) is 10.8. The Morgan fingerprint density at radius 1 is 0.839 bits per heavy atom. The number of carbonyl (C=O) groups is 2. The molecule has 0 aromatic heterocycles. The summed E-state index contributed by atoms with van der Waals surface area (Å²) in [7, 11) is 0. The summed E-state index contributed by atoms with van der Waals surface area (Å²) in [5.41, 5.74) is 3.10. The SMILES string of the molecule is CCOC(=O)Cc1ccc(NCc2ccc(CC(C)(C)C(=O)OC(C)(C)C)cc2)cc1. The molecule has 0 bridgehead atoms. The molecule has 2 rings (SSSR count). The van der Waals surface area contributed by atoms with Gasteiger partial charge in [-0.25, -0.2) is 0 Å². The lowest BCUT2D eigenvalue weighted by Gasteiger charge is -2.28. The van der Waals surface area contributed by atoms with Crippen molar-refractivity contribution in [1.82, 2.24) is 0 Å². The highest BCUT2D eigenvalue weighted by atomic mass is 16.6. The van der Waals surface area contributed by atoms with Crippen molar-refractivity contribution in [1.29, 1.82) is 0 Å². The fourth-order valence-corrected chi connectivity index (χ4v) is 3.10. The Morgan fingerprint density at radius 3 is 1.94 bits per heavy atom. The molecule has 0 unspecified atom stereocenters. The third-order valence-corrected chi connectivity index (χ3v) is 4.72. The van der Waals surface area contributed by atoms with Gasteiger partial charge < -0.3 is 14.8 Å². The van der Waals surface area contributed by atoms with E-state index >= 15 is 0 Å². The highest BCUT2D eigenvalue weighted by Crippen LogP contribution is 2.26. The van der Waals surface area contributed by atoms with E-state index in [0.717, 1.165) is 22.4 Å². The summed E-state index contributed by atoms with van der Waals surface area (Å²) in [6.07, 6.45) is 0.909. The lowest BCUT2D eigenvalue weighted by atomic mass is 9.85. The number of benzene rings is 2. The molecule has 0 fully saturated rings. The van der Waals surface area contributed by atoms with Crippen molar-refractivity contribution in [2.75, 3.05) is 11.9 Å². The molecule has 0 atom stereocenters. The Hall–Kier alpha value is -2.82. The van der Waals surface area contributed by atoms with Gasteiger partial charge >= 0.3 is 11.9 Å². The quantitative estimate of drug-likeness (QED) is 0.551. The zero-order chi connectivity index (χ0) is 23.1. The van der Waals surface area contributed by atoms with Crippen LogP contribution in [0.4, 0.5) is 5.69 Å². The second kappa shape index (κ2) is 10.5. The largest absolute Gasteiger partial charge is 0.466 e. The van der Waals surface area contributed by atoms with Gasteiger partial charge in [-0.05, 0) is 76.8 Å². The molecule has 0 aliphatic heterocycles. The molecule has 2 aromatic rings. The normalized spacial score (nSPS) is 11.7. The highest BCUT2D eigenvalue weighted by molar-refractivity contribution is 5.76.